The van der Waals surface area contributed by atoms with E-state index >= 15 is 0 Å². The van der Waals surface area contributed by atoms with Crippen molar-refractivity contribution in [2.45, 2.75) is 78.7 Å². The number of carbonyl (C=O) groups excluding carboxylic acids is 2. The molecule has 1 rings (SSSR count). The molecule has 170 valence electrons. The quantitative estimate of drug-likeness (QED) is 0.388. The number of aryl methyl sites for hydroxylation is 1. The maximum Gasteiger partial charge on any atom is 0.412 e. The Kier molecular flexibility index (Phi) is 8.45. The molecule has 0 aromatic carbocycles. The van der Waals surface area contributed by atoms with Gasteiger partial charge in [-0.3, -0.25) is 10.00 Å². The first-order valence-corrected chi connectivity index (χ1v) is 12.9. The van der Waals surface area contributed by atoms with E-state index in [4.69, 9.17) is 13.9 Å². The van der Waals surface area contributed by atoms with E-state index in [9.17, 15) is 9.59 Å². The molecular formula is C21H37N3O5Si. The van der Waals surface area contributed by atoms with Crippen molar-refractivity contribution >= 4 is 26.5 Å². The molecule has 1 aromatic heterocycles. The molecule has 0 saturated heterocycles. The highest BCUT2D eigenvalue weighted by Gasteiger charge is 2.36. The highest BCUT2D eigenvalue weighted by atomic mass is 28.4. The predicted molar refractivity (Wildman–Crippen MR) is 119 cm³/mol. The third kappa shape index (κ3) is 7.95. The lowest BCUT2D eigenvalue weighted by molar-refractivity contribution is -0.136. The number of esters is 1. The van der Waals surface area contributed by atoms with Crippen molar-refractivity contribution in [3.63, 3.8) is 0 Å². The number of nitrogens with one attached hydrogen (secondary N) is 1. The maximum absolute atomic E-state index is 12.1. The zero-order valence-corrected chi connectivity index (χ0v) is 21.0. The molecule has 0 bridgehead atoms. The standard InChI is InChI=1S/C21H37N3O5Si/c1-15-13-16(23-24(15)11-12-28-30(9,10)21(5,6)7)14-17(18(25)27-8)22-19(26)29-20(2,3)4/h13-14H,11-12H2,1-10H3,(H,22,26)/b17-14+. The predicted octanol–water partition coefficient (Wildman–Crippen LogP) is 4.25. The molecule has 9 heteroatoms. The van der Waals surface area contributed by atoms with Gasteiger partial charge in [-0.05, 0) is 58.0 Å². The van der Waals surface area contributed by atoms with Crippen molar-refractivity contribution in [2.24, 2.45) is 0 Å². The van der Waals surface area contributed by atoms with E-state index in [-0.39, 0.29) is 10.7 Å². The van der Waals surface area contributed by atoms with E-state index in [1.807, 2.05) is 17.7 Å². The fourth-order valence-electron chi connectivity index (χ4n) is 2.25. The van der Waals surface area contributed by atoms with Gasteiger partial charge in [0.2, 0.25) is 0 Å². The molecule has 0 radical (unpaired) electrons. The smallest absolute Gasteiger partial charge is 0.412 e. The second-order valence-corrected chi connectivity index (χ2v) is 14.5. The Morgan fingerprint density at radius 2 is 1.80 bits per heavy atom. The Morgan fingerprint density at radius 3 is 2.30 bits per heavy atom. The molecule has 30 heavy (non-hydrogen) atoms. The number of aromatic nitrogens is 2. The minimum Gasteiger partial charge on any atom is -0.464 e. The van der Waals surface area contributed by atoms with Crippen molar-refractivity contribution in [2.75, 3.05) is 13.7 Å². The average molecular weight is 440 g/mol. The largest absolute Gasteiger partial charge is 0.464 e. The SMILES string of the molecule is COC(=O)/C(=C\c1cc(C)n(CCO[Si](C)(C)C(C)(C)C)n1)NC(=O)OC(C)(C)C. The van der Waals surface area contributed by atoms with Crippen molar-refractivity contribution < 1.29 is 23.5 Å². The van der Waals surface area contributed by atoms with Crippen LogP contribution in [-0.4, -0.2) is 49.5 Å². The van der Waals surface area contributed by atoms with Crippen LogP contribution < -0.4 is 5.32 Å². The molecule has 1 amide bonds. The molecule has 1 N–H and O–H groups in total. The second-order valence-electron chi connectivity index (χ2n) is 9.72. The summed E-state index contributed by atoms with van der Waals surface area (Å²) >= 11 is 0. The summed E-state index contributed by atoms with van der Waals surface area (Å²) in [5.74, 6) is -0.686. The molecule has 1 heterocycles. The number of methoxy groups -OCH3 is 1. The van der Waals surface area contributed by atoms with Gasteiger partial charge < -0.3 is 13.9 Å². The normalized spacial score (nSPS) is 13.2. The zero-order valence-electron chi connectivity index (χ0n) is 20.0. The van der Waals surface area contributed by atoms with Crippen molar-refractivity contribution in [1.82, 2.24) is 15.1 Å². The molecule has 0 fully saturated rings. The van der Waals surface area contributed by atoms with Gasteiger partial charge in [0, 0.05) is 5.69 Å². The lowest BCUT2D eigenvalue weighted by Gasteiger charge is -2.36. The average Bonchev–Trinajstić information content (AvgIpc) is 2.90. The highest BCUT2D eigenvalue weighted by molar-refractivity contribution is 6.74. The summed E-state index contributed by atoms with van der Waals surface area (Å²) in [6, 6.07) is 1.83. The third-order valence-electron chi connectivity index (χ3n) is 4.91. The number of carbonyl (C=O) groups is 2. The highest BCUT2D eigenvalue weighted by Crippen LogP contribution is 2.36. The number of hydrogen-bond acceptors (Lipinski definition) is 6. The number of hydrogen-bond donors (Lipinski definition) is 1. The monoisotopic (exact) mass is 439 g/mol. The minimum atomic E-state index is -1.83. The molecular weight excluding hydrogens is 402 g/mol. The van der Waals surface area contributed by atoms with Crippen LogP contribution in [0.15, 0.2) is 11.8 Å². The summed E-state index contributed by atoms with van der Waals surface area (Å²) in [5, 5.41) is 7.09. The Morgan fingerprint density at radius 1 is 1.20 bits per heavy atom. The van der Waals surface area contributed by atoms with Gasteiger partial charge in [-0.15, -0.1) is 0 Å². The third-order valence-corrected chi connectivity index (χ3v) is 9.44. The van der Waals surface area contributed by atoms with E-state index in [1.165, 1.54) is 13.2 Å². The topological polar surface area (TPSA) is 91.7 Å². The second kappa shape index (κ2) is 9.78. The van der Waals surface area contributed by atoms with Gasteiger partial charge in [-0.1, -0.05) is 20.8 Å². The van der Waals surface area contributed by atoms with Gasteiger partial charge in [-0.25, -0.2) is 9.59 Å². The Hall–Kier alpha value is -2.13. The number of amides is 1. The van der Waals surface area contributed by atoms with Crippen LogP contribution >= 0.6 is 0 Å². The first kappa shape index (κ1) is 25.9. The van der Waals surface area contributed by atoms with E-state index in [1.54, 1.807) is 20.8 Å². The van der Waals surface area contributed by atoms with Crippen LogP contribution in [-0.2, 0) is 25.2 Å². The minimum absolute atomic E-state index is 0.0473. The number of alkyl carbamates (subject to hydrolysis) is 1. The molecule has 0 unspecified atom stereocenters. The van der Waals surface area contributed by atoms with Gasteiger partial charge in [0.25, 0.3) is 0 Å². The summed E-state index contributed by atoms with van der Waals surface area (Å²) in [6.07, 6.45) is 0.728. The van der Waals surface area contributed by atoms with Crippen LogP contribution in [0.5, 0.6) is 0 Å². The molecule has 0 aliphatic rings. The summed E-state index contributed by atoms with van der Waals surface area (Å²) in [5.41, 5.74) is 0.708. The molecule has 8 nitrogen and oxygen atoms in total. The lowest BCUT2D eigenvalue weighted by atomic mass is 10.2. The van der Waals surface area contributed by atoms with Crippen molar-refractivity contribution in [3.05, 3.63) is 23.2 Å². The fourth-order valence-corrected chi connectivity index (χ4v) is 3.29. The molecule has 1 aromatic rings. The summed E-state index contributed by atoms with van der Waals surface area (Å²) < 4.78 is 18.0. The van der Waals surface area contributed by atoms with E-state index in [0.29, 0.717) is 18.8 Å². The van der Waals surface area contributed by atoms with Gasteiger partial charge >= 0.3 is 12.1 Å². The number of ether oxygens (including phenoxy) is 2. The molecule has 0 spiro atoms. The molecule has 0 aliphatic heterocycles. The van der Waals surface area contributed by atoms with Crippen LogP contribution in [0.2, 0.25) is 18.1 Å². The van der Waals surface area contributed by atoms with Gasteiger partial charge in [0.15, 0.2) is 8.32 Å². The molecule has 0 saturated carbocycles. The molecule has 0 aliphatic carbocycles. The van der Waals surface area contributed by atoms with Gasteiger partial charge in [0.05, 0.1) is 26.0 Å². The van der Waals surface area contributed by atoms with Gasteiger partial charge in [-0.2, -0.15) is 5.10 Å². The summed E-state index contributed by atoms with van der Waals surface area (Å²) in [6.45, 7) is 19.3. The van der Waals surface area contributed by atoms with Crippen molar-refractivity contribution in [1.29, 1.82) is 0 Å². The number of rotatable bonds is 7. The van der Waals surface area contributed by atoms with Crippen LogP contribution in [0.25, 0.3) is 6.08 Å². The summed E-state index contributed by atoms with van der Waals surface area (Å²) in [4.78, 5) is 24.1. The van der Waals surface area contributed by atoms with Gasteiger partial charge in [0.1, 0.15) is 11.3 Å². The summed E-state index contributed by atoms with van der Waals surface area (Å²) in [7, 11) is -0.584. The van der Waals surface area contributed by atoms with E-state index < -0.39 is 26.0 Å². The van der Waals surface area contributed by atoms with Crippen molar-refractivity contribution in [3.8, 4) is 0 Å². The Labute approximate surface area is 181 Å². The van der Waals surface area contributed by atoms with Crippen LogP contribution in [0, 0.1) is 6.92 Å². The first-order valence-electron chi connectivity index (χ1n) is 10.0. The lowest BCUT2D eigenvalue weighted by Crippen LogP contribution is -2.41. The van der Waals surface area contributed by atoms with Crippen LogP contribution in [0.1, 0.15) is 52.9 Å². The fraction of sp³-hybridized carbons (Fsp3) is 0.667. The first-order chi connectivity index (χ1) is 13.6. The van der Waals surface area contributed by atoms with Crippen LogP contribution in [0.3, 0.4) is 0 Å². The van der Waals surface area contributed by atoms with Crippen LogP contribution in [0.4, 0.5) is 4.79 Å². The van der Waals surface area contributed by atoms with E-state index in [0.717, 1.165) is 5.69 Å². The maximum atomic E-state index is 12.1. The zero-order chi connectivity index (χ0) is 23.3. The van der Waals surface area contributed by atoms with E-state index in [2.05, 4.69) is 44.3 Å². The molecule has 0 atom stereocenters. The Bertz CT molecular complexity index is 786. The number of nitrogens with zero attached hydrogens (tertiary/aromatic N) is 2. The Balaban J connectivity index is 2.93.